The Bertz CT molecular complexity index is 645. The van der Waals surface area contributed by atoms with Gasteiger partial charge < -0.3 is 14.8 Å². The van der Waals surface area contributed by atoms with Gasteiger partial charge in [-0.3, -0.25) is 0 Å². The van der Waals surface area contributed by atoms with E-state index in [0.29, 0.717) is 6.04 Å². The summed E-state index contributed by atoms with van der Waals surface area (Å²) in [6.45, 7) is 0.777. The SMILES string of the molecule is Br.COc1ccc(OC)c(CNC2CCCc3ccccc32)c1. The molecular weight excluding hydrogens is 354 g/mol. The lowest BCUT2D eigenvalue weighted by Gasteiger charge is -2.26. The maximum Gasteiger partial charge on any atom is 0.123 e. The first kappa shape index (κ1) is 17.8. The minimum Gasteiger partial charge on any atom is -0.497 e. The summed E-state index contributed by atoms with van der Waals surface area (Å²) < 4.78 is 10.8. The molecule has 0 fully saturated rings. The van der Waals surface area contributed by atoms with E-state index in [9.17, 15) is 0 Å². The summed E-state index contributed by atoms with van der Waals surface area (Å²) in [6, 6.07) is 15.1. The van der Waals surface area contributed by atoms with E-state index in [0.717, 1.165) is 23.6 Å². The van der Waals surface area contributed by atoms with Crippen LogP contribution in [-0.2, 0) is 13.0 Å². The molecule has 23 heavy (non-hydrogen) atoms. The highest BCUT2D eigenvalue weighted by molar-refractivity contribution is 8.93. The third-order valence-electron chi connectivity index (χ3n) is 4.40. The second kappa shape index (κ2) is 8.37. The summed E-state index contributed by atoms with van der Waals surface area (Å²) in [4.78, 5) is 0. The van der Waals surface area contributed by atoms with Crippen LogP contribution < -0.4 is 14.8 Å². The molecule has 1 aliphatic rings. The first-order valence-corrected chi connectivity index (χ1v) is 7.84. The zero-order chi connectivity index (χ0) is 15.4. The fourth-order valence-electron chi connectivity index (χ4n) is 3.22. The van der Waals surface area contributed by atoms with Gasteiger partial charge in [0.25, 0.3) is 0 Å². The van der Waals surface area contributed by atoms with Gasteiger partial charge in [0.05, 0.1) is 14.2 Å². The Hall–Kier alpha value is -1.52. The van der Waals surface area contributed by atoms with Crippen LogP contribution in [0.15, 0.2) is 42.5 Å². The van der Waals surface area contributed by atoms with E-state index in [2.05, 4.69) is 29.6 Å². The molecule has 0 saturated carbocycles. The molecule has 0 amide bonds. The summed E-state index contributed by atoms with van der Waals surface area (Å²) in [6.07, 6.45) is 3.62. The smallest absolute Gasteiger partial charge is 0.123 e. The van der Waals surface area contributed by atoms with Crippen molar-refractivity contribution in [3.8, 4) is 11.5 Å². The van der Waals surface area contributed by atoms with E-state index < -0.39 is 0 Å². The lowest BCUT2D eigenvalue weighted by molar-refractivity contribution is 0.392. The minimum atomic E-state index is 0. The molecular formula is C19H24BrNO2. The summed E-state index contributed by atoms with van der Waals surface area (Å²) in [7, 11) is 3.40. The van der Waals surface area contributed by atoms with Gasteiger partial charge in [-0.15, -0.1) is 17.0 Å². The predicted octanol–water partition coefficient (Wildman–Crippen LogP) is 4.45. The standard InChI is InChI=1S/C19H23NO2.BrH/c1-21-16-10-11-19(22-2)15(12-16)13-20-18-9-5-7-14-6-3-4-8-17(14)18;/h3-4,6,8,10-12,18,20H,5,7,9,13H2,1-2H3;1H. The topological polar surface area (TPSA) is 30.5 Å². The van der Waals surface area contributed by atoms with Crippen LogP contribution in [-0.4, -0.2) is 14.2 Å². The second-order valence-corrected chi connectivity index (χ2v) is 5.70. The normalized spacial score (nSPS) is 16.2. The molecule has 1 unspecified atom stereocenters. The van der Waals surface area contributed by atoms with Crippen molar-refractivity contribution in [1.82, 2.24) is 5.32 Å². The number of hydrogen-bond acceptors (Lipinski definition) is 3. The van der Waals surface area contributed by atoms with Crippen LogP contribution in [0.1, 0.15) is 35.6 Å². The molecule has 0 spiro atoms. The number of halogens is 1. The van der Waals surface area contributed by atoms with Crippen LogP contribution >= 0.6 is 17.0 Å². The molecule has 0 aromatic heterocycles. The van der Waals surface area contributed by atoms with Crippen LogP contribution in [0, 0.1) is 0 Å². The molecule has 1 atom stereocenters. The van der Waals surface area contributed by atoms with Gasteiger partial charge in [0.2, 0.25) is 0 Å². The molecule has 3 rings (SSSR count). The zero-order valence-corrected chi connectivity index (χ0v) is 15.4. The average Bonchev–Trinajstić information content (AvgIpc) is 2.59. The molecule has 0 aliphatic heterocycles. The summed E-state index contributed by atoms with van der Waals surface area (Å²) in [5.41, 5.74) is 4.05. The van der Waals surface area contributed by atoms with E-state index in [1.54, 1.807) is 14.2 Å². The monoisotopic (exact) mass is 377 g/mol. The quantitative estimate of drug-likeness (QED) is 0.834. The molecule has 0 heterocycles. The number of aryl methyl sites for hydroxylation is 1. The summed E-state index contributed by atoms with van der Waals surface area (Å²) >= 11 is 0. The fourth-order valence-corrected chi connectivity index (χ4v) is 3.22. The number of benzene rings is 2. The van der Waals surface area contributed by atoms with Crippen LogP contribution in [0.3, 0.4) is 0 Å². The molecule has 2 aromatic carbocycles. The molecule has 0 saturated heterocycles. The Labute approximate surface area is 148 Å². The molecule has 2 aromatic rings. The van der Waals surface area contributed by atoms with Gasteiger partial charge in [0, 0.05) is 18.2 Å². The Morgan fingerprint density at radius 2 is 1.91 bits per heavy atom. The maximum absolute atomic E-state index is 5.46. The van der Waals surface area contributed by atoms with Crippen LogP contribution in [0.2, 0.25) is 0 Å². The maximum atomic E-state index is 5.46. The van der Waals surface area contributed by atoms with Gasteiger partial charge in [-0.1, -0.05) is 24.3 Å². The third kappa shape index (κ3) is 4.06. The molecule has 3 nitrogen and oxygen atoms in total. The molecule has 124 valence electrons. The Morgan fingerprint density at radius 3 is 2.70 bits per heavy atom. The van der Waals surface area contributed by atoms with E-state index in [1.807, 2.05) is 18.2 Å². The van der Waals surface area contributed by atoms with Gasteiger partial charge in [0.1, 0.15) is 11.5 Å². The van der Waals surface area contributed by atoms with E-state index >= 15 is 0 Å². The van der Waals surface area contributed by atoms with Crippen molar-refractivity contribution in [3.63, 3.8) is 0 Å². The van der Waals surface area contributed by atoms with Crippen molar-refractivity contribution < 1.29 is 9.47 Å². The van der Waals surface area contributed by atoms with Gasteiger partial charge in [-0.25, -0.2) is 0 Å². The van der Waals surface area contributed by atoms with Crippen molar-refractivity contribution in [1.29, 1.82) is 0 Å². The van der Waals surface area contributed by atoms with Crippen LogP contribution in [0.25, 0.3) is 0 Å². The summed E-state index contributed by atoms with van der Waals surface area (Å²) in [5, 5.41) is 3.68. The lowest BCUT2D eigenvalue weighted by atomic mass is 9.87. The largest absolute Gasteiger partial charge is 0.497 e. The summed E-state index contributed by atoms with van der Waals surface area (Å²) in [5.74, 6) is 1.76. The number of fused-ring (bicyclic) bond motifs is 1. The van der Waals surface area contributed by atoms with E-state index in [1.165, 1.54) is 30.4 Å². The Morgan fingerprint density at radius 1 is 1.09 bits per heavy atom. The molecule has 0 radical (unpaired) electrons. The highest BCUT2D eigenvalue weighted by atomic mass is 79.9. The van der Waals surface area contributed by atoms with E-state index in [4.69, 9.17) is 9.47 Å². The fraction of sp³-hybridized carbons (Fsp3) is 0.368. The number of methoxy groups -OCH3 is 2. The Balaban J connectivity index is 0.00000192. The number of hydrogen-bond donors (Lipinski definition) is 1. The zero-order valence-electron chi connectivity index (χ0n) is 13.7. The van der Waals surface area contributed by atoms with Gasteiger partial charge in [-0.05, 0) is 48.6 Å². The van der Waals surface area contributed by atoms with Crippen LogP contribution in [0.4, 0.5) is 0 Å². The predicted molar refractivity (Wildman–Crippen MR) is 98.8 cm³/mol. The van der Waals surface area contributed by atoms with Crippen molar-refractivity contribution in [3.05, 3.63) is 59.2 Å². The van der Waals surface area contributed by atoms with Crippen molar-refractivity contribution in [2.75, 3.05) is 14.2 Å². The number of nitrogens with one attached hydrogen (secondary N) is 1. The van der Waals surface area contributed by atoms with E-state index in [-0.39, 0.29) is 17.0 Å². The Kier molecular flexibility index (Phi) is 6.48. The minimum absolute atomic E-state index is 0. The first-order chi connectivity index (χ1) is 10.8. The number of ether oxygens (including phenoxy) is 2. The van der Waals surface area contributed by atoms with Crippen LogP contribution in [0.5, 0.6) is 11.5 Å². The molecule has 0 bridgehead atoms. The van der Waals surface area contributed by atoms with Gasteiger partial charge in [-0.2, -0.15) is 0 Å². The second-order valence-electron chi connectivity index (χ2n) is 5.70. The highest BCUT2D eigenvalue weighted by Crippen LogP contribution is 2.31. The van der Waals surface area contributed by atoms with Crippen molar-refractivity contribution in [2.24, 2.45) is 0 Å². The first-order valence-electron chi connectivity index (χ1n) is 7.84. The number of rotatable bonds is 5. The van der Waals surface area contributed by atoms with Gasteiger partial charge >= 0.3 is 0 Å². The molecule has 1 N–H and O–H groups in total. The average molecular weight is 378 g/mol. The lowest BCUT2D eigenvalue weighted by Crippen LogP contribution is -2.25. The van der Waals surface area contributed by atoms with Crippen molar-refractivity contribution >= 4 is 17.0 Å². The van der Waals surface area contributed by atoms with Gasteiger partial charge in [0.15, 0.2) is 0 Å². The molecule has 4 heteroatoms. The third-order valence-corrected chi connectivity index (χ3v) is 4.40. The highest BCUT2D eigenvalue weighted by Gasteiger charge is 2.19. The molecule has 1 aliphatic carbocycles. The van der Waals surface area contributed by atoms with Crippen molar-refractivity contribution in [2.45, 2.75) is 31.8 Å².